The maximum absolute atomic E-state index is 12.1. The standard InChI is InChI=1S/C7H14FNO/c1-3-4-7(10)9-5-6(2)8/h6H,3-5H2,1-2H3,(H,9,10). The second-order valence-corrected chi connectivity index (χ2v) is 2.33. The highest BCUT2D eigenvalue weighted by Crippen LogP contribution is 1.88. The van der Waals surface area contributed by atoms with Gasteiger partial charge in [-0.2, -0.15) is 0 Å². The molecule has 0 aromatic carbocycles. The monoisotopic (exact) mass is 147 g/mol. The van der Waals surface area contributed by atoms with Crippen LogP contribution < -0.4 is 5.32 Å². The molecular formula is C7H14FNO. The maximum atomic E-state index is 12.1. The molecule has 0 fully saturated rings. The highest BCUT2D eigenvalue weighted by molar-refractivity contribution is 5.75. The fourth-order valence-corrected chi connectivity index (χ4v) is 0.570. The van der Waals surface area contributed by atoms with Gasteiger partial charge in [-0.15, -0.1) is 0 Å². The third-order valence-corrected chi connectivity index (χ3v) is 1.06. The van der Waals surface area contributed by atoms with Crippen LogP contribution >= 0.6 is 0 Å². The van der Waals surface area contributed by atoms with E-state index in [9.17, 15) is 9.18 Å². The second-order valence-electron chi connectivity index (χ2n) is 2.33. The van der Waals surface area contributed by atoms with E-state index in [4.69, 9.17) is 0 Å². The average Bonchev–Trinajstić information content (AvgIpc) is 1.85. The van der Waals surface area contributed by atoms with Crippen LogP contribution in [0.1, 0.15) is 26.7 Å². The number of halogens is 1. The molecule has 0 heterocycles. The van der Waals surface area contributed by atoms with Gasteiger partial charge >= 0.3 is 0 Å². The second kappa shape index (κ2) is 5.21. The Morgan fingerprint density at radius 2 is 2.30 bits per heavy atom. The highest BCUT2D eigenvalue weighted by atomic mass is 19.1. The summed E-state index contributed by atoms with van der Waals surface area (Å²) in [6.07, 6.45) is 0.361. The molecular weight excluding hydrogens is 133 g/mol. The van der Waals surface area contributed by atoms with E-state index < -0.39 is 6.17 Å². The number of rotatable bonds is 4. The zero-order valence-electron chi connectivity index (χ0n) is 6.48. The molecule has 60 valence electrons. The molecule has 10 heavy (non-hydrogen) atoms. The first-order chi connectivity index (χ1) is 4.66. The van der Waals surface area contributed by atoms with Crippen LogP contribution in [0.25, 0.3) is 0 Å². The van der Waals surface area contributed by atoms with E-state index in [2.05, 4.69) is 5.32 Å². The van der Waals surface area contributed by atoms with Gasteiger partial charge in [0, 0.05) is 13.0 Å². The molecule has 0 aliphatic rings. The van der Waals surface area contributed by atoms with Crippen LogP contribution in [0.5, 0.6) is 0 Å². The van der Waals surface area contributed by atoms with Crippen LogP contribution in [-0.2, 0) is 4.79 Å². The molecule has 0 aliphatic carbocycles. The number of carbonyl (C=O) groups is 1. The van der Waals surface area contributed by atoms with Crippen LogP contribution in [0, 0.1) is 0 Å². The summed E-state index contributed by atoms with van der Waals surface area (Å²) in [6.45, 7) is 3.48. The molecule has 2 nitrogen and oxygen atoms in total. The first-order valence-electron chi connectivity index (χ1n) is 3.57. The number of hydrogen-bond donors (Lipinski definition) is 1. The van der Waals surface area contributed by atoms with Crippen molar-refractivity contribution >= 4 is 5.91 Å². The molecule has 1 amide bonds. The molecule has 0 aliphatic heterocycles. The Morgan fingerprint density at radius 3 is 2.70 bits per heavy atom. The third-order valence-electron chi connectivity index (χ3n) is 1.06. The Morgan fingerprint density at radius 1 is 1.70 bits per heavy atom. The van der Waals surface area contributed by atoms with Gasteiger partial charge < -0.3 is 5.32 Å². The molecule has 0 radical (unpaired) electrons. The molecule has 0 aromatic rings. The summed E-state index contributed by atoms with van der Waals surface area (Å²) in [5, 5.41) is 2.47. The van der Waals surface area contributed by atoms with Crippen molar-refractivity contribution in [3.05, 3.63) is 0 Å². The molecule has 1 atom stereocenters. The van der Waals surface area contributed by atoms with Gasteiger partial charge in [-0.25, -0.2) is 4.39 Å². The van der Waals surface area contributed by atoms with Crippen molar-refractivity contribution in [3.8, 4) is 0 Å². The number of alkyl halides is 1. The number of hydrogen-bond acceptors (Lipinski definition) is 1. The van der Waals surface area contributed by atoms with Gasteiger partial charge in [-0.1, -0.05) is 6.92 Å². The largest absolute Gasteiger partial charge is 0.353 e. The van der Waals surface area contributed by atoms with Crippen LogP contribution in [0.3, 0.4) is 0 Å². The lowest BCUT2D eigenvalue weighted by molar-refractivity contribution is -0.121. The normalized spacial score (nSPS) is 12.7. The Hall–Kier alpha value is -0.600. The lowest BCUT2D eigenvalue weighted by atomic mass is 10.3. The van der Waals surface area contributed by atoms with Crippen molar-refractivity contribution in [1.29, 1.82) is 0 Å². The zero-order valence-corrected chi connectivity index (χ0v) is 6.48. The summed E-state index contributed by atoms with van der Waals surface area (Å²) in [7, 11) is 0. The van der Waals surface area contributed by atoms with Crippen LogP contribution in [0.15, 0.2) is 0 Å². The predicted molar refractivity (Wildman–Crippen MR) is 38.5 cm³/mol. The Balaban J connectivity index is 3.22. The summed E-state index contributed by atoms with van der Waals surface area (Å²) in [4.78, 5) is 10.7. The summed E-state index contributed by atoms with van der Waals surface area (Å²) < 4.78 is 12.1. The summed E-state index contributed by atoms with van der Waals surface area (Å²) in [6, 6.07) is 0. The molecule has 1 unspecified atom stereocenters. The van der Waals surface area contributed by atoms with Gasteiger partial charge in [-0.3, -0.25) is 4.79 Å². The zero-order chi connectivity index (χ0) is 7.98. The summed E-state index contributed by atoms with van der Waals surface area (Å²) >= 11 is 0. The Bertz CT molecular complexity index is 104. The Labute approximate surface area is 60.8 Å². The van der Waals surface area contributed by atoms with Crippen molar-refractivity contribution in [2.45, 2.75) is 32.9 Å². The third kappa shape index (κ3) is 5.54. The van der Waals surface area contributed by atoms with Gasteiger partial charge in [0.1, 0.15) is 6.17 Å². The number of amides is 1. The quantitative estimate of drug-likeness (QED) is 0.637. The lowest BCUT2D eigenvalue weighted by Gasteiger charge is -2.03. The lowest BCUT2D eigenvalue weighted by Crippen LogP contribution is -2.28. The number of nitrogens with one attached hydrogen (secondary N) is 1. The molecule has 0 saturated heterocycles. The van der Waals surface area contributed by atoms with Crippen LogP contribution in [-0.4, -0.2) is 18.6 Å². The fourth-order valence-electron chi connectivity index (χ4n) is 0.570. The van der Waals surface area contributed by atoms with Gasteiger partial charge in [-0.05, 0) is 13.3 Å². The van der Waals surface area contributed by atoms with E-state index in [1.54, 1.807) is 0 Å². The van der Waals surface area contributed by atoms with Gasteiger partial charge in [0.2, 0.25) is 5.91 Å². The van der Waals surface area contributed by atoms with E-state index in [0.717, 1.165) is 6.42 Å². The van der Waals surface area contributed by atoms with Crippen LogP contribution in [0.2, 0.25) is 0 Å². The van der Waals surface area contributed by atoms with E-state index in [1.807, 2.05) is 6.92 Å². The van der Waals surface area contributed by atoms with E-state index in [-0.39, 0.29) is 12.5 Å². The summed E-state index contributed by atoms with van der Waals surface area (Å²) in [5.41, 5.74) is 0. The first-order valence-corrected chi connectivity index (χ1v) is 3.57. The molecule has 0 saturated carbocycles. The van der Waals surface area contributed by atoms with E-state index in [1.165, 1.54) is 6.92 Å². The van der Waals surface area contributed by atoms with Crippen LogP contribution in [0.4, 0.5) is 4.39 Å². The van der Waals surface area contributed by atoms with E-state index >= 15 is 0 Å². The minimum atomic E-state index is -0.944. The number of carbonyl (C=O) groups excluding carboxylic acids is 1. The highest BCUT2D eigenvalue weighted by Gasteiger charge is 2.00. The minimum absolute atomic E-state index is 0.0630. The molecule has 0 spiro atoms. The molecule has 0 rings (SSSR count). The van der Waals surface area contributed by atoms with Gasteiger partial charge in [0.15, 0.2) is 0 Å². The van der Waals surface area contributed by atoms with Gasteiger partial charge in [0.25, 0.3) is 0 Å². The molecule has 0 aromatic heterocycles. The molecule has 0 bridgehead atoms. The average molecular weight is 147 g/mol. The Kier molecular flexibility index (Phi) is 4.89. The van der Waals surface area contributed by atoms with Crippen molar-refractivity contribution < 1.29 is 9.18 Å². The van der Waals surface area contributed by atoms with Crippen molar-refractivity contribution in [1.82, 2.24) is 5.32 Å². The maximum Gasteiger partial charge on any atom is 0.220 e. The molecule has 3 heteroatoms. The minimum Gasteiger partial charge on any atom is -0.353 e. The smallest absolute Gasteiger partial charge is 0.220 e. The van der Waals surface area contributed by atoms with Crippen molar-refractivity contribution in [2.75, 3.05) is 6.54 Å². The van der Waals surface area contributed by atoms with Crippen molar-refractivity contribution in [2.24, 2.45) is 0 Å². The fraction of sp³-hybridized carbons (Fsp3) is 0.857. The van der Waals surface area contributed by atoms with Crippen molar-refractivity contribution in [3.63, 3.8) is 0 Å². The summed E-state index contributed by atoms with van der Waals surface area (Å²) in [5.74, 6) is -0.0630. The predicted octanol–water partition coefficient (Wildman–Crippen LogP) is 1.26. The first kappa shape index (κ1) is 9.40. The van der Waals surface area contributed by atoms with E-state index in [0.29, 0.717) is 6.42 Å². The molecule has 1 N–H and O–H groups in total. The van der Waals surface area contributed by atoms with Gasteiger partial charge in [0.05, 0.1) is 0 Å². The SMILES string of the molecule is CCCC(=O)NCC(C)F. The topological polar surface area (TPSA) is 29.1 Å².